The molecule has 0 radical (unpaired) electrons. The zero-order valence-electron chi connectivity index (χ0n) is 20.5. The maximum absolute atomic E-state index is 14.3. The molecule has 1 spiro atoms. The third kappa shape index (κ3) is 4.47. The van der Waals surface area contributed by atoms with Gasteiger partial charge >= 0.3 is 6.18 Å². The smallest absolute Gasteiger partial charge is 0.417 e. The van der Waals surface area contributed by atoms with Crippen molar-refractivity contribution in [1.29, 1.82) is 0 Å². The van der Waals surface area contributed by atoms with Gasteiger partial charge in [0.15, 0.2) is 11.4 Å². The Balaban J connectivity index is 1.83. The third-order valence-electron chi connectivity index (χ3n) is 7.88. The number of ether oxygens (including phenoxy) is 1. The molecular formula is C27H36F3NO3. The first-order chi connectivity index (χ1) is 16.1. The summed E-state index contributed by atoms with van der Waals surface area (Å²) in [5.41, 5.74) is -1.90. The van der Waals surface area contributed by atoms with Crippen LogP contribution in [0.1, 0.15) is 119 Å². The minimum atomic E-state index is -4.71. The molecule has 34 heavy (non-hydrogen) atoms. The number of Topliss-reactive ketones (excluding diaryl/α,β-unsaturated/α-hetero) is 1. The molecule has 1 aromatic rings. The number of hydrogen-bond donors (Lipinski definition) is 0. The van der Waals surface area contributed by atoms with Gasteiger partial charge in [-0.2, -0.15) is 13.2 Å². The quantitative estimate of drug-likeness (QED) is 0.455. The Labute approximate surface area is 200 Å². The SMILES string of the molecule is CCCC1C(=O)C2(CCCC2)Oc2cc(C(F)(F)F)c(C(=O)N(C(C)C)C3CCCCC3)cc21. The highest BCUT2D eigenvalue weighted by molar-refractivity contribution is 6.00. The summed E-state index contributed by atoms with van der Waals surface area (Å²) in [4.78, 5) is 28.9. The monoisotopic (exact) mass is 479 g/mol. The summed E-state index contributed by atoms with van der Waals surface area (Å²) >= 11 is 0. The molecule has 2 saturated carbocycles. The largest absolute Gasteiger partial charge is 0.479 e. The van der Waals surface area contributed by atoms with E-state index in [-0.39, 0.29) is 29.2 Å². The molecule has 0 bridgehead atoms. The molecule has 0 N–H and O–H groups in total. The van der Waals surface area contributed by atoms with E-state index in [1.807, 2.05) is 20.8 Å². The van der Waals surface area contributed by atoms with Crippen LogP contribution in [0.2, 0.25) is 0 Å². The van der Waals surface area contributed by atoms with Gasteiger partial charge in [0.2, 0.25) is 0 Å². The standard InChI is InChI=1S/C27H36F3NO3/c1-4-10-19-20-15-21(25(33)31(17(2)3)18-11-6-5-7-12-18)22(27(28,29)30)16-23(20)34-26(24(19)32)13-8-9-14-26/h15-19H,4-14H2,1-3H3. The Kier molecular flexibility index (Phi) is 7.03. The summed E-state index contributed by atoms with van der Waals surface area (Å²) < 4.78 is 48.9. The number of carbonyl (C=O) groups is 2. The number of rotatable bonds is 5. The normalized spacial score (nSPS) is 22.7. The van der Waals surface area contributed by atoms with Crippen molar-refractivity contribution in [2.24, 2.45) is 0 Å². The summed E-state index contributed by atoms with van der Waals surface area (Å²) in [6, 6.07) is 2.04. The predicted octanol–water partition coefficient (Wildman–Crippen LogP) is 7.05. The lowest BCUT2D eigenvalue weighted by Gasteiger charge is -2.40. The maximum Gasteiger partial charge on any atom is 0.417 e. The zero-order chi connectivity index (χ0) is 24.7. The van der Waals surface area contributed by atoms with Gasteiger partial charge in [0.25, 0.3) is 5.91 Å². The average molecular weight is 480 g/mol. The molecule has 0 aromatic heterocycles. The minimum Gasteiger partial charge on any atom is -0.479 e. The summed E-state index contributed by atoms with van der Waals surface area (Å²) in [6.07, 6.45) is 3.92. The Hall–Kier alpha value is -2.05. The van der Waals surface area contributed by atoms with Crippen LogP contribution in [0.5, 0.6) is 5.75 Å². The molecule has 188 valence electrons. The topological polar surface area (TPSA) is 46.6 Å². The van der Waals surface area contributed by atoms with E-state index in [2.05, 4.69) is 0 Å². The number of benzene rings is 1. The van der Waals surface area contributed by atoms with Crippen LogP contribution in [-0.4, -0.2) is 34.3 Å². The minimum absolute atomic E-state index is 0.0366. The van der Waals surface area contributed by atoms with Gasteiger partial charge in [-0.15, -0.1) is 0 Å². The van der Waals surface area contributed by atoms with E-state index in [0.717, 1.165) is 57.4 Å². The molecule has 2 aliphatic carbocycles. The second kappa shape index (κ2) is 9.54. The molecule has 2 fully saturated rings. The maximum atomic E-state index is 14.3. The van der Waals surface area contributed by atoms with Crippen molar-refractivity contribution in [3.05, 3.63) is 28.8 Å². The van der Waals surface area contributed by atoms with Crippen molar-refractivity contribution in [1.82, 2.24) is 4.90 Å². The Morgan fingerprint density at radius 2 is 1.76 bits per heavy atom. The molecule has 1 heterocycles. The van der Waals surface area contributed by atoms with Crippen LogP contribution in [0.3, 0.4) is 0 Å². The third-order valence-corrected chi connectivity index (χ3v) is 7.88. The fourth-order valence-corrected chi connectivity index (χ4v) is 6.28. The van der Waals surface area contributed by atoms with Crippen LogP contribution in [0.4, 0.5) is 13.2 Å². The molecule has 1 unspecified atom stereocenters. The van der Waals surface area contributed by atoms with Crippen LogP contribution < -0.4 is 4.74 Å². The van der Waals surface area contributed by atoms with Gasteiger partial charge in [-0.1, -0.05) is 32.6 Å². The lowest BCUT2D eigenvalue weighted by molar-refractivity contribution is -0.139. The Morgan fingerprint density at radius 1 is 1.12 bits per heavy atom. The van der Waals surface area contributed by atoms with Gasteiger partial charge < -0.3 is 9.64 Å². The van der Waals surface area contributed by atoms with Gasteiger partial charge in [-0.3, -0.25) is 9.59 Å². The molecular weight excluding hydrogens is 443 g/mol. The van der Waals surface area contributed by atoms with Gasteiger partial charge in [-0.05, 0) is 70.9 Å². The number of ketones is 1. The van der Waals surface area contributed by atoms with Gasteiger partial charge in [0, 0.05) is 17.6 Å². The van der Waals surface area contributed by atoms with Crippen molar-refractivity contribution >= 4 is 11.7 Å². The van der Waals surface area contributed by atoms with Gasteiger partial charge in [0.1, 0.15) is 5.75 Å². The predicted molar refractivity (Wildman–Crippen MR) is 124 cm³/mol. The average Bonchev–Trinajstić information content (AvgIpc) is 3.25. The molecule has 4 nitrogen and oxygen atoms in total. The Bertz CT molecular complexity index is 928. The van der Waals surface area contributed by atoms with E-state index in [9.17, 15) is 22.8 Å². The first-order valence-electron chi connectivity index (χ1n) is 12.9. The molecule has 1 aromatic carbocycles. The number of amides is 1. The second-order valence-corrected chi connectivity index (χ2v) is 10.5. The van der Waals surface area contributed by atoms with Gasteiger partial charge in [0.05, 0.1) is 17.0 Å². The molecule has 4 rings (SSSR count). The highest BCUT2D eigenvalue weighted by atomic mass is 19.4. The molecule has 1 atom stereocenters. The van der Waals surface area contributed by atoms with E-state index >= 15 is 0 Å². The Morgan fingerprint density at radius 3 is 2.32 bits per heavy atom. The number of halogens is 3. The molecule has 7 heteroatoms. The number of nitrogens with zero attached hydrogens (tertiary/aromatic N) is 1. The lowest BCUT2D eigenvalue weighted by Crippen LogP contribution is -2.49. The van der Waals surface area contributed by atoms with E-state index in [4.69, 9.17) is 4.74 Å². The van der Waals surface area contributed by atoms with Crippen LogP contribution in [0.15, 0.2) is 12.1 Å². The first-order valence-corrected chi connectivity index (χ1v) is 12.9. The van der Waals surface area contributed by atoms with Crippen molar-refractivity contribution in [3.8, 4) is 5.75 Å². The van der Waals surface area contributed by atoms with Gasteiger partial charge in [-0.25, -0.2) is 0 Å². The van der Waals surface area contributed by atoms with Crippen LogP contribution in [-0.2, 0) is 11.0 Å². The highest BCUT2D eigenvalue weighted by Gasteiger charge is 2.51. The number of fused-ring (bicyclic) bond motifs is 1. The van der Waals surface area contributed by atoms with E-state index < -0.39 is 29.2 Å². The number of alkyl halides is 3. The van der Waals surface area contributed by atoms with Crippen molar-refractivity contribution in [3.63, 3.8) is 0 Å². The van der Waals surface area contributed by atoms with Crippen molar-refractivity contribution < 1.29 is 27.5 Å². The zero-order valence-corrected chi connectivity index (χ0v) is 20.5. The summed E-state index contributed by atoms with van der Waals surface area (Å²) in [6.45, 7) is 5.67. The second-order valence-electron chi connectivity index (χ2n) is 10.5. The number of carbonyl (C=O) groups excluding carboxylic acids is 2. The highest BCUT2D eigenvalue weighted by Crippen LogP contribution is 2.49. The lowest BCUT2D eigenvalue weighted by atomic mass is 9.77. The fourth-order valence-electron chi connectivity index (χ4n) is 6.28. The van der Waals surface area contributed by atoms with Crippen LogP contribution in [0.25, 0.3) is 0 Å². The van der Waals surface area contributed by atoms with E-state index in [1.54, 1.807) is 4.90 Å². The van der Waals surface area contributed by atoms with E-state index in [1.165, 1.54) is 6.07 Å². The molecule has 3 aliphatic rings. The summed E-state index contributed by atoms with van der Waals surface area (Å²) in [5.74, 6) is -1.05. The van der Waals surface area contributed by atoms with Crippen LogP contribution in [0, 0.1) is 0 Å². The van der Waals surface area contributed by atoms with Crippen molar-refractivity contribution in [2.75, 3.05) is 0 Å². The summed E-state index contributed by atoms with van der Waals surface area (Å²) in [7, 11) is 0. The van der Waals surface area contributed by atoms with E-state index in [0.29, 0.717) is 24.8 Å². The molecule has 1 amide bonds. The first kappa shape index (κ1) is 25.1. The fraction of sp³-hybridized carbons (Fsp3) is 0.704. The number of hydrogen-bond acceptors (Lipinski definition) is 3. The van der Waals surface area contributed by atoms with Crippen molar-refractivity contribution in [2.45, 2.75) is 121 Å². The molecule has 1 aliphatic heterocycles. The molecule has 0 saturated heterocycles. The van der Waals surface area contributed by atoms with Crippen LogP contribution >= 0.6 is 0 Å². The summed E-state index contributed by atoms with van der Waals surface area (Å²) in [5, 5.41) is 0.